The second-order valence-electron chi connectivity index (χ2n) is 9.99. The molecule has 0 amide bonds. The first-order valence-corrected chi connectivity index (χ1v) is 11.0. The molecule has 1 aliphatic heterocycles. The Morgan fingerprint density at radius 3 is 2.53 bits per heavy atom. The van der Waals surface area contributed by atoms with Crippen LogP contribution >= 0.6 is 0 Å². The van der Waals surface area contributed by atoms with Gasteiger partial charge in [-0.25, -0.2) is 4.79 Å². The fraction of sp³-hybridized carbons (Fsp3) is 0.500. The Balaban J connectivity index is 2.09. The highest BCUT2D eigenvalue weighted by Crippen LogP contribution is 2.44. The smallest absolute Gasteiger partial charge is 0.346 e. The van der Waals surface area contributed by atoms with Gasteiger partial charge in [0.25, 0.3) is 0 Å². The van der Waals surface area contributed by atoms with Crippen molar-refractivity contribution < 1.29 is 28.8 Å². The van der Waals surface area contributed by atoms with Gasteiger partial charge in [-0.05, 0) is 54.5 Å². The summed E-state index contributed by atoms with van der Waals surface area (Å²) in [5.41, 5.74) is 2.39. The lowest BCUT2D eigenvalue weighted by molar-refractivity contribution is 0.0453. The van der Waals surface area contributed by atoms with E-state index in [1.807, 2.05) is 32.9 Å². The second-order valence-corrected chi connectivity index (χ2v) is 9.99. The molecule has 0 fully saturated rings. The number of fused-ring (bicyclic) bond motifs is 2. The molecule has 6 heteroatoms. The van der Waals surface area contributed by atoms with Crippen molar-refractivity contribution in [2.24, 2.45) is 11.3 Å². The van der Waals surface area contributed by atoms with Gasteiger partial charge in [-0.15, -0.1) is 0 Å². The number of benzene rings is 2. The number of hydrogen-bond donors (Lipinski definition) is 1. The van der Waals surface area contributed by atoms with Gasteiger partial charge in [0.15, 0.2) is 11.5 Å². The zero-order valence-electron chi connectivity index (χ0n) is 20.1. The number of ether oxygens (including phenoxy) is 4. The maximum Gasteiger partial charge on any atom is 0.346 e. The average Bonchev–Trinajstić information content (AvgIpc) is 2.69. The number of cyclic esters (lactones) is 1. The summed E-state index contributed by atoms with van der Waals surface area (Å²) >= 11 is 0. The van der Waals surface area contributed by atoms with Crippen molar-refractivity contribution in [3.8, 4) is 23.0 Å². The molecule has 0 aromatic heterocycles. The zero-order valence-corrected chi connectivity index (χ0v) is 20.1. The summed E-state index contributed by atoms with van der Waals surface area (Å²) < 4.78 is 23.6. The second kappa shape index (κ2) is 9.41. The number of rotatable bonds is 6. The fourth-order valence-corrected chi connectivity index (χ4v) is 3.68. The maximum absolute atomic E-state index is 13.0. The van der Waals surface area contributed by atoms with E-state index >= 15 is 0 Å². The average molecular weight is 443 g/mol. The number of methoxy groups -OCH3 is 1. The Labute approximate surface area is 190 Å². The summed E-state index contributed by atoms with van der Waals surface area (Å²) in [7, 11) is 1.47. The third-order valence-corrected chi connectivity index (χ3v) is 5.12. The van der Waals surface area contributed by atoms with Crippen LogP contribution in [0.2, 0.25) is 0 Å². The summed E-state index contributed by atoms with van der Waals surface area (Å²) in [6.45, 7) is 12.9. The van der Waals surface area contributed by atoms with Crippen LogP contribution in [0, 0.1) is 18.3 Å². The first-order valence-electron chi connectivity index (χ1n) is 11.0. The largest absolute Gasteiger partial charge is 0.495 e. The van der Waals surface area contributed by atoms with Crippen LogP contribution in [0.25, 0.3) is 0 Å². The molecule has 6 nitrogen and oxygen atoms in total. The minimum absolute atomic E-state index is 0.0344. The zero-order chi connectivity index (χ0) is 23.6. The first kappa shape index (κ1) is 23.9. The number of carbonyl (C=O) groups is 1. The Morgan fingerprint density at radius 2 is 1.91 bits per heavy atom. The molecule has 2 aromatic carbocycles. The monoisotopic (exact) mass is 442 g/mol. The van der Waals surface area contributed by atoms with Crippen LogP contribution in [0.3, 0.4) is 0 Å². The molecule has 1 atom stereocenters. The van der Waals surface area contributed by atoms with E-state index in [-0.39, 0.29) is 29.3 Å². The van der Waals surface area contributed by atoms with Crippen LogP contribution in [0.15, 0.2) is 24.3 Å². The summed E-state index contributed by atoms with van der Waals surface area (Å²) in [6, 6.07) is 7.27. The summed E-state index contributed by atoms with van der Waals surface area (Å²) in [6.07, 6.45) is -0.230. The van der Waals surface area contributed by atoms with E-state index in [4.69, 9.17) is 18.9 Å². The van der Waals surface area contributed by atoms with E-state index in [0.29, 0.717) is 35.8 Å². The van der Waals surface area contributed by atoms with Gasteiger partial charge in [-0.3, -0.25) is 0 Å². The minimum Gasteiger partial charge on any atom is -0.495 e. The number of aliphatic hydroxyl groups is 1. The molecule has 1 aliphatic rings. The lowest BCUT2D eigenvalue weighted by Crippen LogP contribution is -2.18. The van der Waals surface area contributed by atoms with Gasteiger partial charge in [0, 0.05) is 11.1 Å². The number of aryl methyl sites for hydroxylation is 1. The molecular formula is C26H34O6. The molecule has 0 radical (unpaired) electrons. The van der Waals surface area contributed by atoms with Crippen LogP contribution in [0.5, 0.6) is 23.0 Å². The van der Waals surface area contributed by atoms with Crippen molar-refractivity contribution in [3.63, 3.8) is 0 Å². The van der Waals surface area contributed by atoms with Gasteiger partial charge < -0.3 is 24.1 Å². The van der Waals surface area contributed by atoms with E-state index in [0.717, 1.165) is 11.1 Å². The third-order valence-electron chi connectivity index (χ3n) is 5.12. The maximum atomic E-state index is 13.0. The van der Waals surface area contributed by atoms with Crippen molar-refractivity contribution in [2.75, 3.05) is 13.7 Å². The quantitative estimate of drug-likeness (QED) is 0.556. The van der Waals surface area contributed by atoms with E-state index in [1.165, 1.54) is 7.11 Å². The summed E-state index contributed by atoms with van der Waals surface area (Å²) in [5.74, 6) is 1.41. The van der Waals surface area contributed by atoms with Gasteiger partial charge in [0.05, 0.1) is 19.8 Å². The predicted molar refractivity (Wildman–Crippen MR) is 123 cm³/mol. The van der Waals surface area contributed by atoms with Gasteiger partial charge >= 0.3 is 5.97 Å². The van der Waals surface area contributed by atoms with E-state index in [9.17, 15) is 9.90 Å². The van der Waals surface area contributed by atoms with Crippen molar-refractivity contribution >= 4 is 5.97 Å². The van der Waals surface area contributed by atoms with Crippen LogP contribution in [-0.2, 0) is 11.3 Å². The highest BCUT2D eigenvalue weighted by Gasteiger charge is 2.30. The number of hydrogen-bond acceptors (Lipinski definition) is 6. The van der Waals surface area contributed by atoms with Crippen LogP contribution < -0.4 is 14.2 Å². The molecule has 0 bridgehead atoms. The van der Waals surface area contributed by atoms with E-state index in [1.54, 1.807) is 12.1 Å². The number of aliphatic hydroxyl groups excluding tert-OH is 1. The molecule has 0 saturated carbocycles. The van der Waals surface area contributed by atoms with Crippen LogP contribution in [0.1, 0.15) is 74.2 Å². The van der Waals surface area contributed by atoms with Gasteiger partial charge in [-0.1, -0.05) is 34.6 Å². The molecule has 32 heavy (non-hydrogen) atoms. The molecule has 0 unspecified atom stereocenters. The molecule has 3 rings (SSSR count). The highest BCUT2D eigenvalue weighted by atomic mass is 16.6. The lowest BCUT2D eigenvalue weighted by atomic mass is 9.96. The predicted octanol–water partition coefficient (Wildman–Crippen LogP) is 5.97. The fourth-order valence-electron chi connectivity index (χ4n) is 3.68. The summed E-state index contributed by atoms with van der Waals surface area (Å²) in [5, 5.41) is 10.7. The van der Waals surface area contributed by atoms with E-state index < -0.39 is 12.1 Å². The molecule has 1 N–H and O–H groups in total. The van der Waals surface area contributed by atoms with Gasteiger partial charge in [0.1, 0.15) is 23.7 Å². The number of carbonyl (C=O) groups excluding carboxylic acids is 1. The van der Waals surface area contributed by atoms with Crippen LogP contribution in [0.4, 0.5) is 0 Å². The Bertz CT molecular complexity index is 987. The van der Waals surface area contributed by atoms with Gasteiger partial charge in [0.2, 0.25) is 0 Å². The SMILES string of the molecule is COc1c([C@@H](O)CC(C)C)ccc2c1C(=O)OCc1cc(C)cc(OCC(C)(C)C)c1O2. The van der Waals surface area contributed by atoms with Crippen molar-refractivity contribution in [1.82, 2.24) is 0 Å². The standard InChI is InChI=1S/C26H34O6/c1-15(2)10-19(27)18-8-9-20-22(24(18)29-7)25(28)30-13-17-11-16(3)12-21(23(17)32-20)31-14-26(4,5)6/h8-9,11-12,15,19,27H,10,13-14H2,1-7H3/t19-/m0/s1. The van der Waals surface area contributed by atoms with Crippen molar-refractivity contribution in [2.45, 2.75) is 60.7 Å². The minimum atomic E-state index is -0.769. The van der Waals surface area contributed by atoms with E-state index in [2.05, 4.69) is 20.8 Å². The third kappa shape index (κ3) is 5.36. The Morgan fingerprint density at radius 1 is 1.19 bits per heavy atom. The van der Waals surface area contributed by atoms with Gasteiger partial charge in [-0.2, -0.15) is 0 Å². The van der Waals surface area contributed by atoms with Crippen molar-refractivity contribution in [1.29, 1.82) is 0 Å². The lowest BCUT2D eigenvalue weighted by Gasteiger charge is -2.25. The topological polar surface area (TPSA) is 74.2 Å². The molecule has 0 aliphatic carbocycles. The normalized spacial score (nSPS) is 14.5. The molecule has 1 heterocycles. The Hall–Kier alpha value is -2.73. The molecule has 0 spiro atoms. The highest BCUT2D eigenvalue weighted by molar-refractivity contribution is 5.96. The van der Waals surface area contributed by atoms with Crippen LogP contribution in [-0.4, -0.2) is 24.8 Å². The molecular weight excluding hydrogens is 408 g/mol. The first-order chi connectivity index (χ1) is 15.0. The Kier molecular flexibility index (Phi) is 7.03. The summed E-state index contributed by atoms with van der Waals surface area (Å²) in [4.78, 5) is 13.0. The van der Waals surface area contributed by atoms with Crippen molar-refractivity contribution in [3.05, 3.63) is 46.5 Å². The molecule has 2 aromatic rings. The molecule has 0 saturated heterocycles. The number of esters is 1. The molecule has 174 valence electrons.